The number of sulfonamides is 1. The lowest BCUT2D eigenvalue weighted by Crippen LogP contribution is -2.36. The van der Waals surface area contributed by atoms with Gasteiger partial charge >= 0.3 is 0 Å². The fourth-order valence-electron chi connectivity index (χ4n) is 3.74. The molecule has 1 aromatic heterocycles. The zero-order valence-corrected chi connectivity index (χ0v) is 15.5. The summed E-state index contributed by atoms with van der Waals surface area (Å²) in [7, 11) is -3.79. The van der Waals surface area contributed by atoms with Crippen molar-refractivity contribution >= 4 is 32.5 Å². The molecular weight excluding hydrogens is 385 g/mol. The van der Waals surface area contributed by atoms with Crippen molar-refractivity contribution in [2.45, 2.75) is 17.9 Å². The van der Waals surface area contributed by atoms with Crippen LogP contribution in [-0.4, -0.2) is 36.8 Å². The number of nitrogens with one attached hydrogen (secondary N) is 2. The van der Waals surface area contributed by atoms with Crippen LogP contribution in [0, 0.1) is 5.82 Å². The fraction of sp³-hybridized carbons (Fsp3) is 0.211. The van der Waals surface area contributed by atoms with Gasteiger partial charge in [0.05, 0.1) is 10.6 Å². The number of H-pyrrole nitrogens is 1. The van der Waals surface area contributed by atoms with Crippen molar-refractivity contribution < 1.29 is 22.3 Å². The standard InChI is InChI=1S/C19H16FN3O4S/c20-11-1-3-15-13(7-11)14-9-23(6-5-16(14)21-15)28(25,26)12-2-4-18-17(8-12)22-19(24)10-27-18/h1-4,7-8,21H,5-6,9-10H2,(H,22,24). The summed E-state index contributed by atoms with van der Waals surface area (Å²) in [5.74, 6) is -0.253. The van der Waals surface area contributed by atoms with Gasteiger partial charge in [0.1, 0.15) is 11.6 Å². The number of aromatic amines is 1. The van der Waals surface area contributed by atoms with Gasteiger partial charge in [0, 0.05) is 36.1 Å². The number of hydrogen-bond acceptors (Lipinski definition) is 4. The van der Waals surface area contributed by atoms with Crippen LogP contribution in [0.5, 0.6) is 5.75 Å². The average molecular weight is 401 g/mol. The summed E-state index contributed by atoms with van der Waals surface area (Å²) in [6.07, 6.45) is 0.510. The smallest absolute Gasteiger partial charge is 0.262 e. The summed E-state index contributed by atoms with van der Waals surface area (Å²) < 4.78 is 46.7. The largest absolute Gasteiger partial charge is 0.482 e. The summed E-state index contributed by atoms with van der Waals surface area (Å²) >= 11 is 0. The Labute approximate surface area is 160 Å². The van der Waals surface area contributed by atoms with Crippen LogP contribution in [0.4, 0.5) is 10.1 Å². The lowest BCUT2D eigenvalue weighted by molar-refractivity contribution is -0.118. The maximum absolute atomic E-state index is 13.7. The van der Waals surface area contributed by atoms with E-state index >= 15 is 0 Å². The molecule has 144 valence electrons. The zero-order chi connectivity index (χ0) is 19.5. The van der Waals surface area contributed by atoms with Gasteiger partial charge in [-0.25, -0.2) is 12.8 Å². The van der Waals surface area contributed by atoms with Gasteiger partial charge in [-0.1, -0.05) is 0 Å². The summed E-state index contributed by atoms with van der Waals surface area (Å²) in [6, 6.07) is 8.88. The molecule has 2 aliphatic rings. The second-order valence-corrected chi connectivity index (χ2v) is 8.79. The van der Waals surface area contributed by atoms with Crippen LogP contribution in [-0.2, 0) is 27.8 Å². The third-order valence-corrected chi connectivity index (χ3v) is 6.97. The van der Waals surface area contributed by atoms with Crippen molar-refractivity contribution in [1.29, 1.82) is 0 Å². The normalized spacial score (nSPS) is 17.0. The average Bonchev–Trinajstić information content (AvgIpc) is 3.04. The van der Waals surface area contributed by atoms with Gasteiger partial charge in [0.15, 0.2) is 6.61 Å². The van der Waals surface area contributed by atoms with E-state index in [2.05, 4.69) is 10.3 Å². The molecule has 1 amide bonds. The molecule has 3 aromatic rings. The Bertz CT molecular complexity index is 1240. The molecule has 0 spiro atoms. The minimum Gasteiger partial charge on any atom is -0.482 e. The molecule has 9 heteroatoms. The van der Waals surface area contributed by atoms with Gasteiger partial charge in [0.25, 0.3) is 5.91 Å². The SMILES string of the molecule is O=C1COc2ccc(S(=O)(=O)N3CCc4[nH]c5ccc(F)cc5c4C3)cc2N1. The molecule has 2 aliphatic heterocycles. The summed E-state index contributed by atoms with van der Waals surface area (Å²) in [4.78, 5) is 14.8. The van der Waals surface area contributed by atoms with Gasteiger partial charge < -0.3 is 15.0 Å². The van der Waals surface area contributed by atoms with Crippen LogP contribution in [0.3, 0.4) is 0 Å². The first-order valence-electron chi connectivity index (χ1n) is 8.78. The molecule has 0 aliphatic carbocycles. The van der Waals surface area contributed by atoms with E-state index in [1.165, 1.54) is 34.6 Å². The maximum atomic E-state index is 13.7. The maximum Gasteiger partial charge on any atom is 0.262 e. The number of carbonyl (C=O) groups excluding carboxylic acids is 1. The van der Waals surface area contributed by atoms with Gasteiger partial charge in [-0.05, 0) is 42.0 Å². The second-order valence-electron chi connectivity index (χ2n) is 6.86. The van der Waals surface area contributed by atoms with Crippen molar-refractivity contribution in [2.75, 3.05) is 18.5 Å². The number of hydrogen-bond donors (Lipinski definition) is 2. The number of halogens is 1. The first kappa shape index (κ1) is 17.2. The number of ether oxygens (including phenoxy) is 1. The molecule has 3 heterocycles. The van der Waals surface area contributed by atoms with Gasteiger partial charge in [-0.15, -0.1) is 0 Å². The molecule has 7 nitrogen and oxygen atoms in total. The topological polar surface area (TPSA) is 91.5 Å². The minimum atomic E-state index is -3.79. The Morgan fingerprint density at radius 2 is 2.00 bits per heavy atom. The van der Waals surface area contributed by atoms with Crippen molar-refractivity contribution in [3.8, 4) is 5.75 Å². The molecule has 0 saturated carbocycles. The fourth-order valence-corrected chi connectivity index (χ4v) is 5.17. The van der Waals surface area contributed by atoms with Crippen LogP contribution in [0.15, 0.2) is 41.3 Å². The Kier molecular flexibility index (Phi) is 3.72. The highest BCUT2D eigenvalue weighted by Crippen LogP contribution is 2.34. The minimum absolute atomic E-state index is 0.0755. The van der Waals surface area contributed by atoms with Gasteiger partial charge in [0.2, 0.25) is 10.0 Å². The quantitative estimate of drug-likeness (QED) is 0.690. The molecule has 0 fully saturated rings. The van der Waals surface area contributed by atoms with Crippen molar-refractivity contribution in [3.63, 3.8) is 0 Å². The van der Waals surface area contributed by atoms with Crippen LogP contribution >= 0.6 is 0 Å². The van der Waals surface area contributed by atoms with E-state index in [0.717, 1.165) is 16.8 Å². The highest BCUT2D eigenvalue weighted by Gasteiger charge is 2.31. The molecule has 0 saturated heterocycles. The number of aromatic nitrogens is 1. The number of amides is 1. The van der Waals surface area contributed by atoms with Crippen LogP contribution < -0.4 is 10.1 Å². The van der Waals surface area contributed by atoms with Gasteiger partial charge in [-0.3, -0.25) is 4.79 Å². The molecule has 0 bridgehead atoms. The van der Waals surface area contributed by atoms with E-state index < -0.39 is 10.0 Å². The van der Waals surface area contributed by atoms with Gasteiger partial charge in [-0.2, -0.15) is 4.31 Å². The summed E-state index contributed by atoms with van der Waals surface area (Å²) in [6.45, 7) is 0.372. The number of carbonyl (C=O) groups is 1. The molecule has 0 radical (unpaired) electrons. The molecule has 5 rings (SSSR count). The van der Waals surface area contributed by atoms with Crippen molar-refractivity contribution in [3.05, 3.63) is 53.5 Å². The van der Waals surface area contributed by atoms with Crippen molar-refractivity contribution in [2.24, 2.45) is 0 Å². The highest BCUT2D eigenvalue weighted by molar-refractivity contribution is 7.89. The molecular formula is C19H16FN3O4S. The summed E-state index contributed by atoms with van der Waals surface area (Å²) in [5.41, 5.74) is 2.85. The van der Waals surface area contributed by atoms with E-state index in [1.54, 1.807) is 6.07 Å². The lowest BCUT2D eigenvalue weighted by atomic mass is 10.1. The monoisotopic (exact) mass is 401 g/mol. The van der Waals surface area contributed by atoms with Crippen LogP contribution in [0.2, 0.25) is 0 Å². The van der Waals surface area contributed by atoms with Crippen LogP contribution in [0.1, 0.15) is 11.3 Å². The summed E-state index contributed by atoms with van der Waals surface area (Å²) in [5, 5.41) is 3.32. The molecule has 0 unspecified atom stereocenters. The molecule has 28 heavy (non-hydrogen) atoms. The number of nitrogens with zero attached hydrogens (tertiary/aromatic N) is 1. The Morgan fingerprint density at radius 3 is 2.86 bits per heavy atom. The second kappa shape index (κ2) is 6.05. The predicted octanol–water partition coefficient (Wildman–Crippen LogP) is 2.38. The first-order chi connectivity index (χ1) is 13.4. The predicted molar refractivity (Wildman–Crippen MR) is 100 cm³/mol. The number of fused-ring (bicyclic) bond motifs is 4. The Hall–Kier alpha value is -2.91. The van der Waals surface area contributed by atoms with E-state index in [0.29, 0.717) is 29.8 Å². The zero-order valence-electron chi connectivity index (χ0n) is 14.7. The van der Waals surface area contributed by atoms with E-state index in [9.17, 15) is 17.6 Å². The Balaban J connectivity index is 1.51. The number of benzene rings is 2. The van der Waals surface area contributed by atoms with E-state index in [4.69, 9.17) is 4.74 Å². The number of rotatable bonds is 2. The first-order valence-corrected chi connectivity index (χ1v) is 10.2. The van der Waals surface area contributed by atoms with Crippen molar-refractivity contribution in [1.82, 2.24) is 9.29 Å². The van der Waals surface area contributed by atoms with Crippen LogP contribution in [0.25, 0.3) is 10.9 Å². The third-order valence-electron chi connectivity index (χ3n) is 5.12. The van der Waals surface area contributed by atoms with E-state index in [-0.39, 0.29) is 29.8 Å². The lowest BCUT2D eigenvalue weighted by Gasteiger charge is -2.27. The molecule has 2 N–H and O–H groups in total. The molecule has 0 atom stereocenters. The molecule has 2 aromatic carbocycles. The highest BCUT2D eigenvalue weighted by atomic mass is 32.2. The van der Waals surface area contributed by atoms with E-state index in [1.807, 2.05) is 0 Å². The number of anilines is 1. The Morgan fingerprint density at radius 1 is 1.14 bits per heavy atom. The third kappa shape index (κ3) is 2.66.